The molecule has 1 saturated heterocycles. The van der Waals surface area contributed by atoms with Crippen molar-refractivity contribution in [2.75, 3.05) is 11.5 Å². The summed E-state index contributed by atoms with van der Waals surface area (Å²) in [6, 6.07) is 20.2. The molecule has 1 aromatic heterocycles. The molecule has 214 valence electrons. The van der Waals surface area contributed by atoms with Crippen LogP contribution in [0.5, 0.6) is 5.75 Å². The molecule has 1 amide bonds. The molecule has 2 heterocycles. The van der Waals surface area contributed by atoms with Crippen molar-refractivity contribution >= 4 is 51.5 Å². The van der Waals surface area contributed by atoms with Gasteiger partial charge in [-0.2, -0.15) is 0 Å². The Bertz CT molecular complexity index is 1690. The molecule has 5 rings (SSSR count). The zero-order chi connectivity index (χ0) is 30.0. The number of carbonyl (C=O) groups is 3. The summed E-state index contributed by atoms with van der Waals surface area (Å²) in [7, 11) is 0. The summed E-state index contributed by atoms with van der Waals surface area (Å²) in [6.07, 6.45) is 0. The molecule has 10 heteroatoms. The maximum atomic E-state index is 13.5. The largest absolute Gasteiger partial charge is 0.507 e. The molecule has 1 atom stereocenters. The number of benzene rings is 3. The standard InChI is InChI=1S/C32H27ClN2O6S/c1-4-40-31(39)29-19(3)34-32(42-29)35-26(20-9-13-23(33)14-10-20)25(28(37)30(35)38)27(36)21-11-15-24(16-12-21)41-17-22-8-6-5-7-18(22)2/h5-16,26,36H,4,17H2,1-3H3/b27-25+. The van der Waals surface area contributed by atoms with Crippen molar-refractivity contribution in [2.24, 2.45) is 0 Å². The van der Waals surface area contributed by atoms with E-state index in [2.05, 4.69) is 4.98 Å². The molecule has 0 spiro atoms. The fraction of sp³-hybridized carbons (Fsp3) is 0.188. The molecular weight excluding hydrogens is 576 g/mol. The van der Waals surface area contributed by atoms with Crippen LogP contribution in [0.1, 0.15) is 50.6 Å². The number of Topliss-reactive ketones (excluding diaryl/α,β-unsaturated/α-hetero) is 1. The Morgan fingerprint density at radius 1 is 1.02 bits per heavy atom. The number of aliphatic hydroxyl groups excluding tert-OH is 1. The number of anilines is 1. The van der Waals surface area contributed by atoms with E-state index in [9.17, 15) is 19.5 Å². The van der Waals surface area contributed by atoms with Crippen molar-refractivity contribution in [2.45, 2.75) is 33.4 Å². The third kappa shape index (κ3) is 5.66. The number of aliphatic hydroxyl groups is 1. The van der Waals surface area contributed by atoms with Crippen LogP contribution in [0.4, 0.5) is 5.13 Å². The highest BCUT2D eigenvalue weighted by molar-refractivity contribution is 7.17. The van der Waals surface area contributed by atoms with Gasteiger partial charge in [-0.1, -0.05) is 59.3 Å². The van der Waals surface area contributed by atoms with Crippen molar-refractivity contribution < 1.29 is 29.0 Å². The van der Waals surface area contributed by atoms with Crippen molar-refractivity contribution in [3.05, 3.63) is 116 Å². The summed E-state index contributed by atoms with van der Waals surface area (Å²) in [6.45, 7) is 5.88. The first-order chi connectivity index (χ1) is 20.2. The zero-order valence-electron chi connectivity index (χ0n) is 23.1. The van der Waals surface area contributed by atoms with Gasteiger partial charge in [-0.15, -0.1) is 0 Å². The number of aryl methyl sites for hydroxylation is 2. The Hall–Kier alpha value is -4.47. The van der Waals surface area contributed by atoms with Gasteiger partial charge in [0.15, 0.2) is 5.13 Å². The maximum Gasteiger partial charge on any atom is 0.350 e. The zero-order valence-corrected chi connectivity index (χ0v) is 24.7. The molecule has 1 aliphatic rings. The minimum absolute atomic E-state index is 0.110. The van der Waals surface area contributed by atoms with Crippen molar-refractivity contribution in [3.63, 3.8) is 0 Å². The van der Waals surface area contributed by atoms with E-state index in [1.54, 1.807) is 62.4 Å². The number of amides is 1. The SMILES string of the molecule is CCOC(=O)c1sc(N2C(=O)C(=O)/C(=C(/O)c3ccc(OCc4ccccc4C)cc3)C2c2ccc(Cl)cc2)nc1C. The normalized spacial score (nSPS) is 16.1. The summed E-state index contributed by atoms with van der Waals surface area (Å²) in [4.78, 5) is 45.2. The number of ketones is 1. The second kappa shape index (κ2) is 12.2. The van der Waals surface area contributed by atoms with Gasteiger partial charge >= 0.3 is 11.9 Å². The van der Waals surface area contributed by atoms with Crippen molar-refractivity contribution in [1.82, 2.24) is 4.98 Å². The van der Waals surface area contributed by atoms with Crippen LogP contribution in [0.2, 0.25) is 5.02 Å². The van der Waals surface area contributed by atoms with Crippen molar-refractivity contribution in [1.29, 1.82) is 0 Å². The van der Waals surface area contributed by atoms with Crippen LogP contribution in [0.3, 0.4) is 0 Å². The molecule has 8 nitrogen and oxygen atoms in total. The summed E-state index contributed by atoms with van der Waals surface area (Å²) in [5.74, 6) is -2.09. The fourth-order valence-electron chi connectivity index (χ4n) is 4.66. The highest BCUT2D eigenvalue weighted by Gasteiger charge is 2.48. The number of thiazole rings is 1. The minimum atomic E-state index is -1.01. The number of halogens is 1. The molecule has 1 N–H and O–H groups in total. The second-order valence-electron chi connectivity index (χ2n) is 9.59. The number of ether oxygens (including phenoxy) is 2. The average molecular weight is 603 g/mol. The molecule has 0 radical (unpaired) electrons. The molecule has 4 aromatic rings. The molecule has 1 unspecified atom stereocenters. The van der Waals surface area contributed by atoms with Gasteiger partial charge in [0.25, 0.3) is 5.78 Å². The maximum absolute atomic E-state index is 13.5. The quantitative estimate of drug-likeness (QED) is 0.102. The third-order valence-electron chi connectivity index (χ3n) is 6.87. The van der Waals surface area contributed by atoms with E-state index in [0.717, 1.165) is 22.5 Å². The van der Waals surface area contributed by atoms with E-state index in [1.807, 2.05) is 31.2 Å². The van der Waals surface area contributed by atoms with Crippen molar-refractivity contribution in [3.8, 4) is 5.75 Å². The number of aromatic nitrogens is 1. The van der Waals surface area contributed by atoms with Gasteiger partial charge in [-0.25, -0.2) is 9.78 Å². The molecular formula is C32H27ClN2O6S. The predicted octanol–water partition coefficient (Wildman–Crippen LogP) is 6.80. The summed E-state index contributed by atoms with van der Waals surface area (Å²) >= 11 is 7.07. The number of carbonyl (C=O) groups excluding carboxylic acids is 3. The van der Waals surface area contributed by atoms with E-state index in [0.29, 0.717) is 34.2 Å². The lowest BCUT2D eigenvalue weighted by Gasteiger charge is -2.23. The highest BCUT2D eigenvalue weighted by Crippen LogP contribution is 2.44. The van der Waals surface area contributed by atoms with Gasteiger partial charge in [-0.3, -0.25) is 14.5 Å². The first kappa shape index (κ1) is 29.0. The van der Waals surface area contributed by atoms with Crippen LogP contribution >= 0.6 is 22.9 Å². The predicted molar refractivity (Wildman–Crippen MR) is 161 cm³/mol. The fourth-order valence-corrected chi connectivity index (χ4v) is 5.77. The first-order valence-electron chi connectivity index (χ1n) is 13.2. The van der Waals surface area contributed by atoms with Crippen LogP contribution in [-0.2, 0) is 20.9 Å². The summed E-state index contributed by atoms with van der Waals surface area (Å²) in [5.41, 5.74) is 3.29. The third-order valence-corrected chi connectivity index (χ3v) is 8.25. The Kier molecular flexibility index (Phi) is 8.42. The van der Waals surface area contributed by atoms with Crippen LogP contribution in [-0.4, -0.2) is 34.4 Å². The second-order valence-corrected chi connectivity index (χ2v) is 11.0. The van der Waals surface area contributed by atoms with Gasteiger partial charge in [-0.05, 0) is 73.9 Å². The van der Waals surface area contributed by atoms with Gasteiger partial charge < -0.3 is 14.6 Å². The Balaban J connectivity index is 1.52. The van der Waals surface area contributed by atoms with Crippen LogP contribution in [0.15, 0.2) is 78.4 Å². The Morgan fingerprint density at radius 2 is 1.71 bits per heavy atom. The molecule has 0 aliphatic carbocycles. The number of esters is 1. The van der Waals surface area contributed by atoms with E-state index in [1.165, 1.54) is 4.90 Å². The molecule has 0 bridgehead atoms. The monoisotopic (exact) mass is 602 g/mol. The lowest BCUT2D eigenvalue weighted by Crippen LogP contribution is -2.29. The molecule has 42 heavy (non-hydrogen) atoms. The Morgan fingerprint density at radius 3 is 2.38 bits per heavy atom. The molecule has 1 aliphatic heterocycles. The van der Waals surface area contributed by atoms with Gasteiger partial charge in [0.2, 0.25) is 0 Å². The summed E-state index contributed by atoms with van der Waals surface area (Å²) < 4.78 is 11.0. The highest BCUT2D eigenvalue weighted by atomic mass is 35.5. The van der Waals surface area contributed by atoms with Crippen LogP contribution < -0.4 is 9.64 Å². The molecule has 3 aromatic carbocycles. The van der Waals surface area contributed by atoms with E-state index in [-0.39, 0.29) is 27.9 Å². The lowest BCUT2D eigenvalue weighted by atomic mass is 9.95. The van der Waals surface area contributed by atoms with Gasteiger partial charge in [0.1, 0.15) is 23.0 Å². The van der Waals surface area contributed by atoms with E-state index >= 15 is 0 Å². The lowest BCUT2D eigenvalue weighted by molar-refractivity contribution is -0.132. The van der Waals surface area contributed by atoms with Gasteiger partial charge in [0.05, 0.1) is 23.9 Å². The number of hydrogen-bond donors (Lipinski definition) is 1. The summed E-state index contributed by atoms with van der Waals surface area (Å²) in [5, 5.41) is 12.0. The minimum Gasteiger partial charge on any atom is -0.507 e. The topological polar surface area (TPSA) is 106 Å². The molecule has 1 fully saturated rings. The first-order valence-corrected chi connectivity index (χ1v) is 14.4. The Labute approximate surface area is 251 Å². The van der Waals surface area contributed by atoms with Crippen LogP contribution in [0.25, 0.3) is 5.76 Å². The number of nitrogens with zero attached hydrogens (tertiary/aromatic N) is 2. The van der Waals surface area contributed by atoms with E-state index in [4.69, 9.17) is 21.1 Å². The smallest absolute Gasteiger partial charge is 0.350 e. The van der Waals surface area contributed by atoms with Crippen LogP contribution in [0, 0.1) is 13.8 Å². The average Bonchev–Trinajstić information content (AvgIpc) is 3.49. The number of rotatable bonds is 8. The van der Waals surface area contributed by atoms with Gasteiger partial charge in [0, 0.05) is 10.6 Å². The van der Waals surface area contributed by atoms with E-state index < -0.39 is 23.7 Å². The molecule has 0 saturated carbocycles. The number of hydrogen-bond acceptors (Lipinski definition) is 8.